The van der Waals surface area contributed by atoms with Gasteiger partial charge in [-0.25, -0.2) is 4.79 Å². The molecule has 1 aliphatic rings. The fourth-order valence-electron chi connectivity index (χ4n) is 2.87. The van der Waals surface area contributed by atoms with Crippen molar-refractivity contribution in [2.24, 2.45) is 0 Å². The molecule has 2 N–H and O–H groups in total. The maximum atomic E-state index is 12.4. The Morgan fingerprint density at radius 2 is 1.62 bits per heavy atom. The molecule has 7 heteroatoms. The van der Waals surface area contributed by atoms with E-state index in [1.165, 1.54) is 0 Å². The van der Waals surface area contributed by atoms with Crippen molar-refractivity contribution in [2.75, 3.05) is 26.6 Å². The van der Waals surface area contributed by atoms with Gasteiger partial charge >= 0.3 is 6.03 Å². The molecule has 0 heterocycles. The molecule has 0 radical (unpaired) electrons. The Labute approximate surface area is 157 Å². The molecule has 1 aliphatic carbocycles. The highest BCUT2D eigenvalue weighted by molar-refractivity contribution is 6.32. The maximum absolute atomic E-state index is 12.4. The SMILES string of the molecule is COc1ccc(NC(=O)NC2(c3ccc(OC)c(OC)c3)CC2)cc1Cl. The first kappa shape index (κ1) is 18.2. The first-order chi connectivity index (χ1) is 12.5. The van der Waals surface area contributed by atoms with Crippen molar-refractivity contribution >= 4 is 23.3 Å². The summed E-state index contributed by atoms with van der Waals surface area (Å²) in [4.78, 5) is 12.4. The van der Waals surface area contributed by atoms with Crippen molar-refractivity contribution in [3.05, 3.63) is 47.0 Å². The number of ether oxygens (including phenoxy) is 3. The number of rotatable bonds is 6. The van der Waals surface area contributed by atoms with Gasteiger partial charge in [-0.05, 0) is 48.7 Å². The van der Waals surface area contributed by atoms with E-state index >= 15 is 0 Å². The Bertz CT molecular complexity index is 821. The number of carbonyl (C=O) groups excluding carboxylic acids is 1. The summed E-state index contributed by atoms with van der Waals surface area (Å²) in [6.45, 7) is 0. The standard InChI is InChI=1S/C19H21ClN2O4/c1-24-15-7-5-13(11-14(15)20)21-18(23)22-19(8-9-19)12-4-6-16(25-2)17(10-12)26-3/h4-7,10-11H,8-9H2,1-3H3,(H2,21,22,23). The van der Waals surface area contributed by atoms with E-state index in [1.807, 2.05) is 18.2 Å². The third kappa shape index (κ3) is 3.65. The number of benzene rings is 2. The normalized spacial score (nSPS) is 14.3. The molecule has 0 aliphatic heterocycles. The summed E-state index contributed by atoms with van der Waals surface area (Å²) in [5, 5.41) is 6.29. The maximum Gasteiger partial charge on any atom is 0.319 e. The lowest BCUT2D eigenvalue weighted by atomic mass is 10.0. The first-order valence-electron chi connectivity index (χ1n) is 8.16. The van der Waals surface area contributed by atoms with Gasteiger partial charge in [0.2, 0.25) is 0 Å². The molecule has 0 atom stereocenters. The number of hydrogen-bond acceptors (Lipinski definition) is 4. The lowest BCUT2D eigenvalue weighted by Gasteiger charge is -2.20. The van der Waals surface area contributed by atoms with Gasteiger partial charge in [-0.2, -0.15) is 0 Å². The highest BCUT2D eigenvalue weighted by atomic mass is 35.5. The van der Waals surface area contributed by atoms with Crippen LogP contribution in [-0.2, 0) is 5.54 Å². The molecular formula is C19H21ClN2O4. The molecular weight excluding hydrogens is 356 g/mol. The van der Waals surface area contributed by atoms with E-state index < -0.39 is 0 Å². The van der Waals surface area contributed by atoms with Gasteiger partial charge in [-0.3, -0.25) is 0 Å². The molecule has 2 amide bonds. The Balaban J connectivity index is 1.72. The Morgan fingerprint density at radius 3 is 2.19 bits per heavy atom. The van der Waals surface area contributed by atoms with Crippen LogP contribution in [0.3, 0.4) is 0 Å². The summed E-state index contributed by atoms with van der Waals surface area (Å²) in [5.41, 5.74) is 1.19. The van der Waals surface area contributed by atoms with E-state index in [9.17, 15) is 4.79 Å². The zero-order chi connectivity index (χ0) is 18.7. The lowest BCUT2D eigenvalue weighted by molar-refractivity contribution is 0.247. The number of hydrogen-bond donors (Lipinski definition) is 2. The number of urea groups is 1. The number of nitrogens with one attached hydrogen (secondary N) is 2. The average Bonchev–Trinajstić information content (AvgIpc) is 3.41. The van der Waals surface area contributed by atoms with Gasteiger partial charge in [0, 0.05) is 5.69 Å². The third-order valence-corrected chi connectivity index (χ3v) is 4.74. The number of amides is 2. The van der Waals surface area contributed by atoms with Crippen LogP contribution in [0.25, 0.3) is 0 Å². The van der Waals surface area contributed by atoms with Crippen LogP contribution >= 0.6 is 11.6 Å². The van der Waals surface area contributed by atoms with Gasteiger partial charge in [0.15, 0.2) is 11.5 Å². The van der Waals surface area contributed by atoms with Gasteiger partial charge in [-0.1, -0.05) is 17.7 Å². The van der Waals surface area contributed by atoms with E-state index in [4.69, 9.17) is 25.8 Å². The second kappa shape index (κ2) is 7.33. The predicted octanol–water partition coefficient (Wildman–Crippen LogP) is 4.18. The number of halogens is 1. The average molecular weight is 377 g/mol. The van der Waals surface area contributed by atoms with Crippen molar-refractivity contribution in [3.63, 3.8) is 0 Å². The van der Waals surface area contributed by atoms with Crippen LogP contribution in [-0.4, -0.2) is 27.4 Å². The van der Waals surface area contributed by atoms with Crippen LogP contribution in [0.15, 0.2) is 36.4 Å². The second-order valence-electron chi connectivity index (χ2n) is 6.08. The number of anilines is 1. The fraction of sp³-hybridized carbons (Fsp3) is 0.316. The molecule has 1 saturated carbocycles. The van der Waals surface area contributed by atoms with Crippen LogP contribution in [0.5, 0.6) is 17.2 Å². The molecule has 3 rings (SSSR count). The van der Waals surface area contributed by atoms with Crippen LogP contribution in [0.1, 0.15) is 18.4 Å². The topological polar surface area (TPSA) is 68.8 Å². The fourth-order valence-corrected chi connectivity index (χ4v) is 3.13. The van der Waals surface area contributed by atoms with Gasteiger partial charge in [0.25, 0.3) is 0 Å². The molecule has 138 valence electrons. The molecule has 0 saturated heterocycles. The molecule has 0 unspecified atom stereocenters. The molecule has 1 fully saturated rings. The summed E-state index contributed by atoms with van der Waals surface area (Å²) in [7, 11) is 4.73. The molecule has 2 aromatic rings. The van der Waals surface area contributed by atoms with E-state index in [2.05, 4.69) is 10.6 Å². The zero-order valence-electron chi connectivity index (χ0n) is 14.9. The van der Waals surface area contributed by atoms with Crippen LogP contribution in [0, 0.1) is 0 Å². The second-order valence-corrected chi connectivity index (χ2v) is 6.49. The van der Waals surface area contributed by atoms with Crippen LogP contribution in [0.4, 0.5) is 10.5 Å². The minimum atomic E-state index is -0.389. The van der Waals surface area contributed by atoms with E-state index in [0.717, 1.165) is 18.4 Å². The summed E-state index contributed by atoms with van der Waals surface area (Å²) in [6, 6.07) is 10.5. The molecule has 0 bridgehead atoms. The van der Waals surface area contributed by atoms with Crippen molar-refractivity contribution < 1.29 is 19.0 Å². The number of carbonyl (C=O) groups is 1. The van der Waals surface area contributed by atoms with Gasteiger partial charge in [0.05, 0.1) is 31.9 Å². The predicted molar refractivity (Wildman–Crippen MR) is 101 cm³/mol. The van der Waals surface area contributed by atoms with Gasteiger partial charge in [-0.15, -0.1) is 0 Å². The summed E-state index contributed by atoms with van der Waals surface area (Å²) in [6.07, 6.45) is 1.72. The minimum Gasteiger partial charge on any atom is -0.495 e. The van der Waals surface area contributed by atoms with E-state index in [0.29, 0.717) is 28.0 Å². The van der Waals surface area contributed by atoms with Crippen molar-refractivity contribution in [1.82, 2.24) is 5.32 Å². The summed E-state index contributed by atoms with van der Waals surface area (Å²) in [5.74, 6) is 1.85. The molecule has 2 aromatic carbocycles. The Morgan fingerprint density at radius 1 is 0.962 bits per heavy atom. The largest absolute Gasteiger partial charge is 0.495 e. The Kier molecular flexibility index (Phi) is 5.13. The Hall–Kier alpha value is -2.60. The minimum absolute atomic E-state index is 0.293. The highest BCUT2D eigenvalue weighted by Crippen LogP contribution is 2.47. The molecule has 26 heavy (non-hydrogen) atoms. The van der Waals surface area contributed by atoms with Gasteiger partial charge in [0.1, 0.15) is 5.75 Å². The smallest absolute Gasteiger partial charge is 0.319 e. The zero-order valence-corrected chi connectivity index (χ0v) is 15.6. The highest BCUT2D eigenvalue weighted by Gasteiger charge is 2.46. The van der Waals surface area contributed by atoms with Crippen molar-refractivity contribution in [1.29, 1.82) is 0 Å². The summed E-state index contributed by atoms with van der Waals surface area (Å²) >= 11 is 6.09. The van der Waals surface area contributed by atoms with E-state index in [-0.39, 0.29) is 11.6 Å². The van der Waals surface area contributed by atoms with Crippen molar-refractivity contribution in [3.8, 4) is 17.2 Å². The monoisotopic (exact) mass is 376 g/mol. The van der Waals surface area contributed by atoms with Crippen LogP contribution < -0.4 is 24.8 Å². The quantitative estimate of drug-likeness (QED) is 0.793. The van der Waals surface area contributed by atoms with Crippen LogP contribution in [0.2, 0.25) is 5.02 Å². The third-order valence-electron chi connectivity index (χ3n) is 4.45. The van der Waals surface area contributed by atoms with Gasteiger partial charge < -0.3 is 24.8 Å². The lowest BCUT2D eigenvalue weighted by Crippen LogP contribution is -2.38. The first-order valence-corrected chi connectivity index (χ1v) is 8.54. The molecule has 6 nitrogen and oxygen atoms in total. The molecule has 0 spiro atoms. The van der Waals surface area contributed by atoms with Crippen molar-refractivity contribution in [2.45, 2.75) is 18.4 Å². The number of methoxy groups -OCH3 is 3. The summed E-state index contributed by atoms with van der Waals surface area (Å²) < 4.78 is 15.7. The van der Waals surface area contributed by atoms with E-state index in [1.54, 1.807) is 39.5 Å². The molecule has 0 aromatic heterocycles.